The van der Waals surface area contributed by atoms with E-state index in [0.29, 0.717) is 0 Å². The molecule has 5 nitrogen and oxygen atoms in total. The lowest BCUT2D eigenvalue weighted by Gasteiger charge is -2.04. The molecule has 1 aromatic carbocycles. The second-order valence-electron chi connectivity index (χ2n) is 4.69. The largest absolute Gasteiger partial charge is 0.367 e. The Hall–Kier alpha value is -2.95. The van der Waals surface area contributed by atoms with Crippen LogP contribution < -0.4 is 5.73 Å². The highest BCUT2D eigenvalue weighted by molar-refractivity contribution is 5.85. The van der Waals surface area contributed by atoms with Gasteiger partial charge < -0.3 is 5.73 Å². The molecule has 3 aromatic rings. The van der Waals surface area contributed by atoms with Gasteiger partial charge >= 0.3 is 0 Å². The third-order valence-electron chi connectivity index (χ3n) is 3.40. The molecule has 5 heteroatoms. The molecule has 0 bridgehead atoms. The second-order valence-corrected chi connectivity index (χ2v) is 4.69. The maximum absolute atomic E-state index is 5.59. The van der Waals surface area contributed by atoms with Crippen LogP contribution in [0.15, 0.2) is 58.9 Å². The number of nitrogens with zero attached hydrogens (tertiary/aromatic N) is 4. The average molecular weight is 277 g/mol. The first kappa shape index (κ1) is 13.1. The van der Waals surface area contributed by atoms with Crippen LogP contribution in [-0.4, -0.2) is 22.3 Å². The Morgan fingerprint density at radius 3 is 2.95 bits per heavy atom. The summed E-state index contributed by atoms with van der Waals surface area (Å²) in [6, 6.07) is 12.2. The number of hydrogen-bond donors (Lipinski definition) is 1. The minimum Gasteiger partial charge on any atom is -0.367 e. The van der Waals surface area contributed by atoms with Crippen molar-refractivity contribution in [2.75, 3.05) is 0 Å². The molecule has 0 spiro atoms. The Morgan fingerprint density at radius 2 is 2.14 bits per heavy atom. The van der Waals surface area contributed by atoms with Crippen LogP contribution in [0, 0.1) is 6.92 Å². The van der Waals surface area contributed by atoms with E-state index in [2.05, 4.69) is 40.0 Å². The van der Waals surface area contributed by atoms with Crippen molar-refractivity contribution in [3.05, 3.63) is 54.5 Å². The zero-order valence-electron chi connectivity index (χ0n) is 11.7. The lowest BCUT2D eigenvalue weighted by atomic mass is 10.0. The first-order chi connectivity index (χ1) is 10.2. The third kappa shape index (κ3) is 2.41. The van der Waals surface area contributed by atoms with Gasteiger partial charge in [-0.2, -0.15) is 0 Å². The van der Waals surface area contributed by atoms with Gasteiger partial charge in [0, 0.05) is 29.0 Å². The summed E-state index contributed by atoms with van der Waals surface area (Å²) in [5.41, 5.74) is 9.78. The van der Waals surface area contributed by atoms with Crippen LogP contribution >= 0.6 is 0 Å². The monoisotopic (exact) mass is 277 g/mol. The minimum absolute atomic E-state index is 0.142. The molecule has 0 amide bonds. The molecule has 0 saturated carbocycles. The number of benzene rings is 1. The van der Waals surface area contributed by atoms with Crippen LogP contribution in [0.4, 0.5) is 0 Å². The van der Waals surface area contributed by atoms with Gasteiger partial charge in [0.25, 0.3) is 0 Å². The summed E-state index contributed by atoms with van der Waals surface area (Å²) in [4.78, 5) is 7.93. The molecule has 0 aliphatic carbocycles. The zero-order chi connectivity index (χ0) is 14.8. The van der Waals surface area contributed by atoms with Crippen molar-refractivity contribution in [2.45, 2.75) is 6.92 Å². The fraction of sp³-hybridized carbons (Fsp3) is 0.0625. The fourth-order valence-electron chi connectivity index (χ4n) is 2.30. The lowest BCUT2D eigenvalue weighted by molar-refractivity contribution is 0.843. The van der Waals surface area contributed by atoms with Gasteiger partial charge in [-0.05, 0) is 43.5 Å². The van der Waals surface area contributed by atoms with E-state index in [-0.39, 0.29) is 5.96 Å². The highest BCUT2D eigenvalue weighted by atomic mass is 15.4. The predicted molar refractivity (Wildman–Crippen MR) is 86.5 cm³/mol. The van der Waals surface area contributed by atoms with Crippen LogP contribution in [0.2, 0.25) is 0 Å². The summed E-state index contributed by atoms with van der Waals surface area (Å²) < 4.78 is 1.70. The van der Waals surface area contributed by atoms with Gasteiger partial charge in [-0.25, -0.2) is 9.67 Å². The van der Waals surface area contributed by atoms with Crippen LogP contribution in [0.25, 0.3) is 22.0 Å². The van der Waals surface area contributed by atoms with Crippen molar-refractivity contribution < 1.29 is 0 Å². The van der Waals surface area contributed by atoms with Crippen molar-refractivity contribution in [1.82, 2.24) is 9.66 Å². The highest BCUT2D eigenvalue weighted by Crippen LogP contribution is 2.27. The number of rotatable bonds is 2. The van der Waals surface area contributed by atoms with Gasteiger partial charge in [0.1, 0.15) is 0 Å². The first-order valence-electron chi connectivity index (χ1n) is 6.53. The highest BCUT2D eigenvalue weighted by Gasteiger charge is 2.08. The molecule has 21 heavy (non-hydrogen) atoms. The Labute approximate surface area is 122 Å². The Morgan fingerprint density at radius 1 is 1.29 bits per heavy atom. The normalized spacial score (nSPS) is 11.8. The number of fused-ring (bicyclic) bond motifs is 1. The van der Waals surface area contributed by atoms with E-state index < -0.39 is 0 Å². The van der Waals surface area contributed by atoms with Gasteiger partial charge in [-0.3, -0.25) is 4.98 Å². The molecule has 0 unspecified atom stereocenters. The number of aromatic nitrogens is 2. The van der Waals surface area contributed by atoms with E-state index in [1.165, 1.54) is 0 Å². The molecule has 2 heterocycles. The zero-order valence-corrected chi connectivity index (χ0v) is 11.7. The van der Waals surface area contributed by atoms with E-state index in [0.717, 1.165) is 27.7 Å². The van der Waals surface area contributed by atoms with E-state index in [1.807, 2.05) is 31.3 Å². The summed E-state index contributed by atoms with van der Waals surface area (Å²) >= 11 is 0. The molecule has 2 aromatic heterocycles. The van der Waals surface area contributed by atoms with Gasteiger partial charge in [0.2, 0.25) is 5.96 Å². The Bertz CT molecular complexity index is 845. The van der Waals surface area contributed by atoms with Gasteiger partial charge in [-0.1, -0.05) is 12.1 Å². The van der Waals surface area contributed by atoms with E-state index in [9.17, 15) is 0 Å². The maximum atomic E-state index is 5.59. The molecule has 0 radical (unpaired) electrons. The summed E-state index contributed by atoms with van der Waals surface area (Å²) in [7, 11) is 0. The topological polar surface area (TPSA) is 68.6 Å². The summed E-state index contributed by atoms with van der Waals surface area (Å²) in [6.07, 6.45) is 3.65. The van der Waals surface area contributed by atoms with E-state index in [1.54, 1.807) is 10.9 Å². The van der Waals surface area contributed by atoms with Crippen molar-refractivity contribution >= 4 is 23.6 Å². The van der Waals surface area contributed by atoms with E-state index >= 15 is 0 Å². The molecule has 2 N–H and O–H groups in total. The molecular formula is C16H15N5. The molecule has 0 atom stereocenters. The quantitative estimate of drug-likeness (QED) is 0.578. The van der Waals surface area contributed by atoms with Gasteiger partial charge in [0.05, 0.1) is 5.52 Å². The molecule has 0 saturated heterocycles. The molecule has 104 valence electrons. The number of pyridine rings is 1. The summed E-state index contributed by atoms with van der Waals surface area (Å²) in [6.45, 7) is 5.35. The van der Waals surface area contributed by atoms with Crippen LogP contribution in [0.3, 0.4) is 0 Å². The molecule has 3 rings (SSSR count). The predicted octanol–water partition coefficient (Wildman–Crippen LogP) is 2.79. The Balaban J connectivity index is 2.09. The minimum atomic E-state index is 0.142. The smallest absolute Gasteiger partial charge is 0.237 e. The van der Waals surface area contributed by atoms with Crippen LogP contribution in [-0.2, 0) is 0 Å². The number of aliphatic imine (C=N–C) groups is 1. The molecule has 0 fully saturated rings. The first-order valence-corrected chi connectivity index (χ1v) is 6.53. The van der Waals surface area contributed by atoms with Gasteiger partial charge in [0.15, 0.2) is 0 Å². The SMILES string of the molecule is C=N/C(N)=N\n1ccc(-c2ccc3ncccc3c2)c1C. The van der Waals surface area contributed by atoms with Crippen molar-refractivity contribution in [2.24, 2.45) is 15.8 Å². The van der Waals surface area contributed by atoms with Crippen molar-refractivity contribution in [3.63, 3.8) is 0 Å². The molecular weight excluding hydrogens is 262 g/mol. The number of guanidine groups is 1. The standard InChI is InChI=1S/C16H15N5/c1-11-14(7-9-21(11)20-16(17)18-2)12-5-6-15-13(10-12)4-3-8-19-15/h3-10H,2H2,1H3,(H2,17,20). The fourth-order valence-corrected chi connectivity index (χ4v) is 2.30. The number of hydrogen-bond acceptors (Lipinski definition) is 2. The summed E-state index contributed by atoms with van der Waals surface area (Å²) in [5.74, 6) is 0.142. The van der Waals surface area contributed by atoms with Crippen LogP contribution in [0.5, 0.6) is 0 Å². The lowest BCUT2D eigenvalue weighted by Crippen LogP contribution is -2.10. The number of nitrogens with two attached hydrogens (primary N) is 1. The van der Waals surface area contributed by atoms with E-state index in [4.69, 9.17) is 5.73 Å². The maximum Gasteiger partial charge on any atom is 0.237 e. The van der Waals surface area contributed by atoms with Crippen molar-refractivity contribution in [3.8, 4) is 11.1 Å². The molecule has 0 aliphatic rings. The molecule has 0 aliphatic heterocycles. The summed E-state index contributed by atoms with van der Waals surface area (Å²) in [5, 5.41) is 5.26. The second kappa shape index (κ2) is 5.20. The van der Waals surface area contributed by atoms with Gasteiger partial charge in [-0.15, -0.1) is 5.10 Å². The average Bonchev–Trinajstić information content (AvgIpc) is 2.87. The van der Waals surface area contributed by atoms with Crippen LogP contribution in [0.1, 0.15) is 5.69 Å². The third-order valence-corrected chi connectivity index (χ3v) is 3.40. The van der Waals surface area contributed by atoms with Crippen molar-refractivity contribution in [1.29, 1.82) is 0 Å². The Kier molecular flexibility index (Phi) is 3.23.